The highest BCUT2D eigenvalue weighted by Gasteiger charge is 2.39. The fourth-order valence-corrected chi connectivity index (χ4v) is 4.08. The molecule has 2 saturated heterocycles. The lowest BCUT2D eigenvalue weighted by atomic mass is 10.0. The van der Waals surface area contributed by atoms with Crippen molar-refractivity contribution in [2.45, 2.75) is 45.6 Å². The number of aromatic nitrogens is 4. The molecule has 39 heavy (non-hydrogen) atoms. The maximum absolute atomic E-state index is 12.9. The number of nitrogen functional groups attached to an aromatic ring is 1. The van der Waals surface area contributed by atoms with E-state index < -0.39 is 5.92 Å². The number of piperidine rings is 1. The van der Waals surface area contributed by atoms with E-state index in [4.69, 9.17) is 10.5 Å². The molecule has 2 aliphatic heterocycles. The van der Waals surface area contributed by atoms with Gasteiger partial charge in [-0.15, -0.1) is 5.10 Å². The van der Waals surface area contributed by atoms with E-state index in [2.05, 4.69) is 30.6 Å². The van der Waals surface area contributed by atoms with Gasteiger partial charge < -0.3 is 15.8 Å². The van der Waals surface area contributed by atoms with Crippen molar-refractivity contribution in [2.24, 2.45) is 16.1 Å². The molecular weight excluding hydrogens is 511 g/mol. The Morgan fingerprint density at radius 3 is 2.49 bits per heavy atom. The second kappa shape index (κ2) is 13.7. The van der Waals surface area contributed by atoms with Crippen LogP contribution in [0.1, 0.15) is 32.4 Å². The van der Waals surface area contributed by atoms with E-state index in [0.29, 0.717) is 25.5 Å². The molecule has 5 rings (SSSR count). The minimum atomic E-state index is -2.46. The number of rotatable bonds is 5. The lowest BCUT2D eigenvalue weighted by Crippen LogP contribution is -2.55. The molecule has 3 aromatic heterocycles. The number of hydrogen-bond acceptors (Lipinski definition) is 9. The van der Waals surface area contributed by atoms with E-state index in [1.165, 1.54) is 0 Å². The Balaban J connectivity index is 0.000000206. The summed E-state index contributed by atoms with van der Waals surface area (Å²) in [6.07, 6.45) is 2.50. The standard InChI is InChI=1S/C14H16N8.C8H13F2NO.C4H9F/c1-8-10(20-17-3)4-5-11(18-8)9-6-7-22-12(9)13(16-2)19-14(15)21-22;9-8(10)2-1-3-11(6-8)7-4-12-5-7;1-4(2)3-5/h4-7H,1-3H3,(H3,15,16,19,21);7H,1-6H2;4H,3H2,1-2H3. The molecule has 0 radical (unpaired) electrons. The molecule has 0 atom stereocenters. The lowest BCUT2D eigenvalue weighted by Gasteiger charge is -2.41. The third kappa shape index (κ3) is 8.09. The number of fused-ring (bicyclic) bond motifs is 1. The number of aryl methyl sites for hydroxylation is 1. The summed E-state index contributed by atoms with van der Waals surface area (Å²) in [5, 5.41) is 15.0. The van der Waals surface area contributed by atoms with Crippen LogP contribution >= 0.6 is 0 Å². The number of pyridine rings is 1. The summed E-state index contributed by atoms with van der Waals surface area (Å²) in [6.45, 7) is 7.41. The van der Waals surface area contributed by atoms with Crippen LogP contribution in [0.4, 0.5) is 30.6 Å². The first-order valence-electron chi connectivity index (χ1n) is 12.9. The highest BCUT2D eigenvalue weighted by molar-refractivity contribution is 5.87. The molecule has 3 aromatic rings. The molecule has 10 nitrogen and oxygen atoms in total. The Morgan fingerprint density at radius 1 is 1.23 bits per heavy atom. The second-order valence-electron chi connectivity index (χ2n) is 9.86. The van der Waals surface area contributed by atoms with Gasteiger partial charge in [-0.1, -0.05) is 13.8 Å². The maximum atomic E-state index is 12.9. The number of nitrogens with one attached hydrogen (secondary N) is 1. The van der Waals surface area contributed by atoms with E-state index in [9.17, 15) is 13.2 Å². The van der Waals surface area contributed by atoms with Gasteiger partial charge in [0.05, 0.1) is 43.9 Å². The van der Waals surface area contributed by atoms with Gasteiger partial charge in [0, 0.05) is 32.3 Å². The summed E-state index contributed by atoms with van der Waals surface area (Å²) in [6, 6.07) is 6.00. The van der Waals surface area contributed by atoms with Crippen LogP contribution in [0.5, 0.6) is 0 Å². The molecule has 0 bridgehead atoms. The van der Waals surface area contributed by atoms with Gasteiger partial charge in [0.1, 0.15) is 11.2 Å². The van der Waals surface area contributed by atoms with Gasteiger partial charge in [-0.2, -0.15) is 15.2 Å². The maximum Gasteiger partial charge on any atom is 0.260 e. The predicted molar refractivity (Wildman–Crippen MR) is 147 cm³/mol. The topological polar surface area (TPSA) is 118 Å². The average molecular weight is 550 g/mol. The molecule has 5 heterocycles. The van der Waals surface area contributed by atoms with E-state index in [1.807, 2.05) is 50.1 Å². The summed E-state index contributed by atoms with van der Waals surface area (Å²) < 4.78 is 43.6. The van der Waals surface area contributed by atoms with Crippen molar-refractivity contribution >= 4 is 23.0 Å². The molecule has 13 heteroatoms. The van der Waals surface area contributed by atoms with Crippen LogP contribution in [0.3, 0.4) is 0 Å². The zero-order valence-corrected chi connectivity index (χ0v) is 23.2. The zero-order valence-electron chi connectivity index (χ0n) is 23.2. The van der Waals surface area contributed by atoms with Crippen LogP contribution < -0.4 is 11.1 Å². The Kier molecular flexibility index (Phi) is 10.6. The van der Waals surface area contributed by atoms with E-state index in [-0.39, 0.29) is 37.5 Å². The fourth-order valence-electron chi connectivity index (χ4n) is 4.08. The Labute approximate surface area is 226 Å². The first kappa shape index (κ1) is 30.2. The first-order valence-corrected chi connectivity index (χ1v) is 12.9. The van der Waals surface area contributed by atoms with Crippen LogP contribution in [-0.2, 0) is 4.74 Å². The lowest BCUT2D eigenvalue weighted by molar-refractivity contribution is -0.126. The fraction of sp³-hybridized carbons (Fsp3) is 0.577. The molecule has 214 valence electrons. The number of alkyl halides is 3. The van der Waals surface area contributed by atoms with E-state index in [0.717, 1.165) is 34.7 Å². The molecule has 0 spiro atoms. The minimum absolute atomic E-state index is 0.0527. The Hall–Kier alpha value is -3.32. The number of azo groups is 1. The number of nitrogens with zero attached hydrogens (tertiary/aromatic N) is 7. The van der Waals surface area contributed by atoms with Crippen molar-refractivity contribution in [2.75, 3.05) is 58.1 Å². The highest BCUT2D eigenvalue weighted by Crippen LogP contribution is 2.31. The van der Waals surface area contributed by atoms with Crippen LogP contribution in [0.2, 0.25) is 0 Å². The van der Waals surface area contributed by atoms with Gasteiger partial charge in [0.25, 0.3) is 5.92 Å². The minimum Gasteiger partial charge on any atom is -0.378 e. The van der Waals surface area contributed by atoms with Gasteiger partial charge in [-0.3, -0.25) is 14.3 Å². The summed E-state index contributed by atoms with van der Waals surface area (Å²) >= 11 is 0. The summed E-state index contributed by atoms with van der Waals surface area (Å²) in [7, 11) is 3.43. The number of anilines is 2. The van der Waals surface area contributed by atoms with Gasteiger partial charge >= 0.3 is 0 Å². The van der Waals surface area contributed by atoms with Gasteiger partial charge in [-0.05, 0) is 44.0 Å². The van der Waals surface area contributed by atoms with Crippen molar-refractivity contribution < 1.29 is 17.9 Å². The molecule has 3 N–H and O–H groups in total. The molecule has 0 saturated carbocycles. The molecule has 2 aliphatic rings. The number of ether oxygens (including phenoxy) is 1. The molecule has 0 aliphatic carbocycles. The SMILES string of the molecule is CC(C)CF.CN=Nc1ccc(-c2ccn3nc(N)nc(NC)c23)nc1C.FC1(F)CCCN(C2COC2)C1. The smallest absolute Gasteiger partial charge is 0.260 e. The second-order valence-corrected chi connectivity index (χ2v) is 9.86. The quantitative estimate of drug-likeness (QED) is 0.422. The van der Waals surface area contributed by atoms with Crippen molar-refractivity contribution in [3.8, 4) is 11.3 Å². The van der Waals surface area contributed by atoms with Crippen LogP contribution in [0.15, 0.2) is 34.6 Å². The first-order chi connectivity index (χ1) is 18.6. The van der Waals surface area contributed by atoms with E-state index >= 15 is 0 Å². The van der Waals surface area contributed by atoms with Gasteiger partial charge in [0.15, 0.2) is 5.82 Å². The van der Waals surface area contributed by atoms with Crippen molar-refractivity contribution in [1.82, 2.24) is 24.5 Å². The largest absolute Gasteiger partial charge is 0.378 e. The number of nitrogens with two attached hydrogens (primary N) is 1. The summed E-state index contributed by atoms with van der Waals surface area (Å²) in [5.74, 6) is -1.38. The highest BCUT2D eigenvalue weighted by atomic mass is 19.3. The number of hydrogen-bond donors (Lipinski definition) is 2. The summed E-state index contributed by atoms with van der Waals surface area (Å²) in [4.78, 5) is 10.7. The number of halogens is 3. The zero-order chi connectivity index (χ0) is 28.6. The third-order valence-electron chi connectivity index (χ3n) is 6.17. The third-order valence-corrected chi connectivity index (χ3v) is 6.17. The van der Waals surface area contributed by atoms with Crippen LogP contribution in [0.25, 0.3) is 16.8 Å². The van der Waals surface area contributed by atoms with Crippen molar-refractivity contribution in [1.29, 1.82) is 0 Å². The number of likely N-dealkylation sites (tertiary alicyclic amines) is 1. The average Bonchev–Trinajstić information content (AvgIpc) is 3.28. The molecule has 0 aromatic carbocycles. The van der Waals surface area contributed by atoms with Crippen LogP contribution in [-0.4, -0.2) is 83.5 Å². The molecule has 0 unspecified atom stereocenters. The normalized spacial score (nSPS) is 17.4. The van der Waals surface area contributed by atoms with Crippen LogP contribution in [0, 0.1) is 12.8 Å². The van der Waals surface area contributed by atoms with E-state index in [1.54, 1.807) is 18.6 Å². The monoisotopic (exact) mass is 549 g/mol. The molecule has 2 fully saturated rings. The molecule has 0 amide bonds. The van der Waals surface area contributed by atoms with Gasteiger partial charge in [-0.25, -0.2) is 13.3 Å². The predicted octanol–water partition coefficient (Wildman–Crippen LogP) is 5.17. The van der Waals surface area contributed by atoms with Crippen molar-refractivity contribution in [3.63, 3.8) is 0 Å². The summed E-state index contributed by atoms with van der Waals surface area (Å²) in [5.41, 5.74) is 9.84. The molecular formula is C26H38F3N9O. The van der Waals surface area contributed by atoms with Crippen molar-refractivity contribution in [3.05, 3.63) is 30.1 Å². The van der Waals surface area contributed by atoms with Gasteiger partial charge in [0.2, 0.25) is 5.95 Å². The Morgan fingerprint density at radius 2 is 1.95 bits per heavy atom. The Bertz CT molecular complexity index is 1240.